The zero-order chi connectivity index (χ0) is 13.0. The summed E-state index contributed by atoms with van der Waals surface area (Å²) in [4.78, 5) is 0. The lowest BCUT2D eigenvalue weighted by atomic mass is 10.2. The number of rotatable bonds is 5. The van der Waals surface area contributed by atoms with Crippen molar-refractivity contribution in [3.8, 4) is 5.75 Å². The van der Waals surface area contributed by atoms with Crippen LogP contribution in [0.25, 0.3) is 0 Å². The fourth-order valence-corrected chi connectivity index (χ4v) is 1.68. The van der Waals surface area contributed by atoms with Crippen LogP contribution in [0.5, 0.6) is 5.75 Å². The third-order valence-corrected chi connectivity index (χ3v) is 2.67. The first-order chi connectivity index (χ1) is 8.63. The van der Waals surface area contributed by atoms with Crippen LogP contribution in [0.4, 0.5) is 0 Å². The molecule has 0 amide bonds. The minimum Gasteiger partial charge on any atom is -0.508 e. The summed E-state index contributed by atoms with van der Waals surface area (Å²) >= 11 is 0. The zero-order valence-electron chi connectivity index (χ0n) is 10.8. The Bertz CT molecular complexity index is 488. The number of hydrogen-bond acceptors (Lipinski definition) is 3. The van der Waals surface area contributed by atoms with E-state index in [2.05, 4.69) is 24.3 Å². The summed E-state index contributed by atoms with van der Waals surface area (Å²) in [5.74, 6) is 0.293. The van der Waals surface area contributed by atoms with Crippen molar-refractivity contribution in [1.29, 1.82) is 0 Å². The molecule has 0 aliphatic carbocycles. The molecule has 0 radical (unpaired) electrons. The van der Waals surface area contributed by atoms with E-state index in [4.69, 9.17) is 0 Å². The summed E-state index contributed by atoms with van der Waals surface area (Å²) < 4.78 is 1.91. The van der Waals surface area contributed by atoms with Gasteiger partial charge in [-0.25, -0.2) is 0 Å². The fraction of sp³-hybridized carbons (Fsp3) is 0.357. The monoisotopic (exact) mass is 245 g/mol. The maximum absolute atomic E-state index is 9.22. The van der Waals surface area contributed by atoms with E-state index in [9.17, 15) is 5.11 Å². The first-order valence-corrected chi connectivity index (χ1v) is 6.17. The molecule has 2 rings (SSSR count). The number of nitrogens with zero attached hydrogens (tertiary/aromatic N) is 2. The number of nitrogens with one attached hydrogen (secondary N) is 1. The van der Waals surface area contributed by atoms with Crippen molar-refractivity contribution in [2.75, 3.05) is 0 Å². The molecule has 96 valence electrons. The summed E-state index contributed by atoms with van der Waals surface area (Å²) in [5, 5.41) is 17.0. The molecular formula is C14H19N3O. The highest BCUT2D eigenvalue weighted by atomic mass is 16.3. The van der Waals surface area contributed by atoms with Crippen LogP contribution in [0.1, 0.15) is 25.1 Å². The average Bonchev–Trinajstić information content (AvgIpc) is 2.77. The largest absolute Gasteiger partial charge is 0.508 e. The summed E-state index contributed by atoms with van der Waals surface area (Å²) in [6, 6.07) is 9.69. The van der Waals surface area contributed by atoms with Gasteiger partial charge in [-0.05, 0) is 23.8 Å². The second-order valence-electron chi connectivity index (χ2n) is 4.71. The third-order valence-electron chi connectivity index (χ3n) is 2.67. The molecule has 0 unspecified atom stereocenters. The highest BCUT2D eigenvalue weighted by molar-refractivity contribution is 5.26. The summed E-state index contributed by atoms with van der Waals surface area (Å²) in [7, 11) is 0. The molecule has 1 aromatic carbocycles. The van der Waals surface area contributed by atoms with E-state index in [1.54, 1.807) is 12.1 Å². The summed E-state index contributed by atoms with van der Waals surface area (Å²) in [5.41, 5.74) is 2.17. The minimum atomic E-state index is 0.293. The molecule has 18 heavy (non-hydrogen) atoms. The Morgan fingerprint density at radius 3 is 2.61 bits per heavy atom. The number of benzene rings is 1. The Balaban J connectivity index is 1.95. The number of hydrogen-bond donors (Lipinski definition) is 2. The number of phenolic OH excluding ortho intramolecular Hbond substituents is 1. The lowest BCUT2D eigenvalue weighted by Gasteiger charge is -2.05. The van der Waals surface area contributed by atoms with Crippen LogP contribution in [0.3, 0.4) is 0 Å². The molecular weight excluding hydrogens is 226 g/mol. The topological polar surface area (TPSA) is 50.1 Å². The van der Waals surface area contributed by atoms with Crippen molar-refractivity contribution in [3.63, 3.8) is 0 Å². The van der Waals surface area contributed by atoms with E-state index in [1.807, 2.05) is 29.1 Å². The van der Waals surface area contributed by atoms with Crippen molar-refractivity contribution in [2.24, 2.45) is 0 Å². The van der Waals surface area contributed by atoms with Gasteiger partial charge in [-0.3, -0.25) is 4.68 Å². The van der Waals surface area contributed by atoms with Gasteiger partial charge in [-0.15, -0.1) is 0 Å². The first-order valence-electron chi connectivity index (χ1n) is 6.17. The molecule has 4 heteroatoms. The van der Waals surface area contributed by atoms with Gasteiger partial charge in [0.1, 0.15) is 5.75 Å². The molecule has 2 aromatic rings. The Hall–Kier alpha value is -1.81. The third kappa shape index (κ3) is 3.60. The van der Waals surface area contributed by atoms with Gasteiger partial charge in [0.2, 0.25) is 0 Å². The molecule has 1 heterocycles. The predicted molar refractivity (Wildman–Crippen MR) is 71.4 cm³/mol. The van der Waals surface area contributed by atoms with E-state index < -0.39 is 0 Å². The lowest BCUT2D eigenvalue weighted by Crippen LogP contribution is -2.22. The Morgan fingerprint density at radius 2 is 1.94 bits per heavy atom. The molecule has 2 N–H and O–H groups in total. The fourth-order valence-electron chi connectivity index (χ4n) is 1.68. The summed E-state index contributed by atoms with van der Waals surface area (Å²) in [6.07, 6.45) is 1.98. The van der Waals surface area contributed by atoms with E-state index in [0.717, 1.165) is 24.3 Å². The van der Waals surface area contributed by atoms with Crippen LogP contribution in [-0.4, -0.2) is 20.9 Å². The normalized spacial score (nSPS) is 11.1. The molecule has 0 saturated heterocycles. The lowest BCUT2D eigenvalue weighted by molar-refractivity contribution is 0.475. The predicted octanol–water partition coefficient (Wildman–Crippen LogP) is 2.13. The standard InChI is InChI=1S/C14H19N3O/c1-11(2)15-9-13-7-8-17(16-13)10-12-3-5-14(18)6-4-12/h3-8,11,15,18H,9-10H2,1-2H3. The molecule has 0 saturated carbocycles. The molecule has 0 spiro atoms. The van der Waals surface area contributed by atoms with Gasteiger partial charge in [0.05, 0.1) is 12.2 Å². The van der Waals surface area contributed by atoms with Crippen LogP contribution < -0.4 is 5.32 Å². The van der Waals surface area contributed by atoms with E-state index in [1.165, 1.54) is 0 Å². The number of aromatic hydroxyl groups is 1. The van der Waals surface area contributed by atoms with Crippen molar-refractivity contribution >= 4 is 0 Å². The van der Waals surface area contributed by atoms with Crippen LogP contribution >= 0.6 is 0 Å². The Morgan fingerprint density at radius 1 is 1.22 bits per heavy atom. The van der Waals surface area contributed by atoms with Gasteiger partial charge < -0.3 is 10.4 Å². The van der Waals surface area contributed by atoms with Gasteiger partial charge in [0.15, 0.2) is 0 Å². The maximum Gasteiger partial charge on any atom is 0.115 e. The zero-order valence-corrected chi connectivity index (χ0v) is 10.8. The first kappa shape index (κ1) is 12.6. The molecule has 1 aromatic heterocycles. The van der Waals surface area contributed by atoms with Crippen molar-refractivity contribution in [1.82, 2.24) is 15.1 Å². The van der Waals surface area contributed by atoms with Crippen LogP contribution in [0.2, 0.25) is 0 Å². The molecule has 0 aliphatic heterocycles. The highest BCUT2D eigenvalue weighted by Gasteiger charge is 2.01. The van der Waals surface area contributed by atoms with Crippen LogP contribution in [0.15, 0.2) is 36.5 Å². The van der Waals surface area contributed by atoms with Crippen molar-refractivity contribution in [2.45, 2.75) is 33.0 Å². The molecule has 0 bridgehead atoms. The Labute approximate surface area is 107 Å². The molecule has 0 fully saturated rings. The van der Waals surface area contributed by atoms with Crippen molar-refractivity contribution < 1.29 is 5.11 Å². The van der Waals surface area contributed by atoms with Gasteiger partial charge in [-0.1, -0.05) is 26.0 Å². The van der Waals surface area contributed by atoms with Crippen LogP contribution in [-0.2, 0) is 13.1 Å². The van der Waals surface area contributed by atoms with E-state index >= 15 is 0 Å². The average molecular weight is 245 g/mol. The van der Waals surface area contributed by atoms with Crippen molar-refractivity contribution in [3.05, 3.63) is 47.8 Å². The highest BCUT2D eigenvalue weighted by Crippen LogP contribution is 2.10. The number of phenols is 1. The van der Waals surface area contributed by atoms with Crippen LogP contribution in [0, 0.1) is 0 Å². The second-order valence-corrected chi connectivity index (χ2v) is 4.71. The van der Waals surface area contributed by atoms with E-state index in [-0.39, 0.29) is 0 Å². The molecule has 0 aliphatic rings. The quantitative estimate of drug-likeness (QED) is 0.848. The summed E-state index contributed by atoms with van der Waals surface area (Å²) in [6.45, 7) is 5.75. The Kier molecular flexibility index (Phi) is 3.99. The van der Waals surface area contributed by atoms with Gasteiger partial charge in [-0.2, -0.15) is 5.10 Å². The minimum absolute atomic E-state index is 0.293. The van der Waals surface area contributed by atoms with Gasteiger partial charge in [0, 0.05) is 18.8 Å². The van der Waals surface area contributed by atoms with Gasteiger partial charge in [0.25, 0.3) is 0 Å². The smallest absolute Gasteiger partial charge is 0.115 e. The molecule has 0 atom stereocenters. The van der Waals surface area contributed by atoms with Gasteiger partial charge >= 0.3 is 0 Å². The van der Waals surface area contributed by atoms with E-state index in [0.29, 0.717) is 11.8 Å². The molecule has 4 nitrogen and oxygen atoms in total. The maximum atomic E-state index is 9.22. The second kappa shape index (κ2) is 5.69. The number of aromatic nitrogens is 2. The SMILES string of the molecule is CC(C)NCc1ccn(Cc2ccc(O)cc2)n1.